The van der Waals surface area contributed by atoms with Gasteiger partial charge in [-0.25, -0.2) is 0 Å². The van der Waals surface area contributed by atoms with Gasteiger partial charge in [-0.3, -0.25) is 0 Å². The molecular weight excluding hydrogens is 256 g/mol. The molecule has 5 nitrogen and oxygen atoms in total. The van der Waals surface area contributed by atoms with E-state index in [0.717, 1.165) is 11.3 Å². The smallest absolute Gasteiger partial charge is 0.102 e. The lowest BCUT2D eigenvalue weighted by molar-refractivity contribution is 0.0272. The topological polar surface area (TPSA) is 63.5 Å². The summed E-state index contributed by atoms with van der Waals surface area (Å²) < 4.78 is 15.6. The maximum atomic E-state index is 9.09. The molecule has 1 N–H and O–H groups in total. The number of nitriles is 1. The molecule has 0 aliphatic carbocycles. The lowest BCUT2D eigenvalue weighted by Crippen LogP contribution is -2.14. The third kappa shape index (κ3) is 6.02. The van der Waals surface area contributed by atoms with Crippen molar-refractivity contribution in [1.29, 1.82) is 5.26 Å². The number of ether oxygens (including phenoxy) is 3. The van der Waals surface area contributed by atoms with E-state index in [0.29, 0.717) is 45.1 Å². The van der Waals surface area contributed by atoms with Crippen LogP contribution < -0.4 is 5.32 Å². The molecule has 5 heteroatoms. The van der Waals surface area contributed by atoms with E-state index in [1.165, 1.54) is 0 Å². The molecule has 1 rings (SSSR count). The van der Waals surface area contributed by atoms with Crippen LogP contribution in [-0.2, 0) is 14.2 Å². The second kappa shape index (κ2) is 10.2. The lowest BCUT2D eigenvalue weighted by atomic mass is 10.1. The normalized spacial score (nSPS) is 10.2. The minimum absolute atomic E-state index is 0.560. The van der Waals surface area contributed by atoms with E-state index < -0.39 is 0 Å². The largest absolute Gasteiger partial charge is 0.382 e. The fraction of sp³-hybridized carbons (Fsp3) is 0.533. The van der Waals surface area contributed by atoms with Gasteiger partial charge in [-0.05, 0) is 18.6 Å². The van der Waals surface area contributed by atoms with Crippen molar-refractivity contribution < 1.29 is 14.2 Å². The number of hydrogen-bond acceptors (Lipinski definition) is 5. The molecule has 0 atom stereocenters. The summed E-state index contributed by atoms with van der Waals surface area (Å²) in [6.07, 6.45) is 0. The first kappa shape index (κ1) is 16.4. The highest BCUT2D eigenvalue weighted by atomic mass is 16.5. The fourth-order valence-corrected chi connectivity index (χ4v) is 1.69. The van der Waals surface area contributed by atoms with E-state index in [1.54, 1.807) is 7.11 Å². The van der Waals surface area contributed by atoms with Crippen LogP contribution in [0.25, 0.3) is 0 Å². The third-order valence-corrected chi connectivity index (χ3v) is 2.75. The van der Waals surface area contributed by atoms with Gasteiger partial charge in [0.15, 0.2) is 0 Å². The Morgan fingerprint density at radius 2 is 1.80 bits per heavy atom. The molecule has 0 radical (unpaired) electrons. The molecule has 0 spiro atoms. The summed E-state index contributed by atoms with van der Waals surface area (Å²) in [6.45, 7) is 5.49. The second-order valence-corrected chi connectivity index (χ2v) is 4.25. The highest BCUT2D eigenvalue weighted by molar-refractivity contribution is 5.60. The van der Waals surface area contributed by atoms with Gasteiger partial charge in [0.25, 0.3) is 0 Å². The van der Waals surface area contributed by atoms with E-state index in [1.807, 2.05) is 25.1 Å². The first-order valence-corrected chi connectivity index (χ1v) is 6.67. The average molecular weight is 278 g/mol. The SMILES string of the molecule is COCCOCCOCCNc1cccc(C)c1C#N. The van der Waals surface area contributed by atoms with Gasteiger partial charge in [0.2, 0.25) is 0 Å². The first-order valence-electron chi connectivity index (χ1n) is 6.67. The van der Waals surface area contributed by atoms with Crippen LogP contribution in [0.15, 0.2) is 18.2 Å². The molecular formula is C15H22N2O3. The molecule has 20 heavy (non-hydrogen) atoms. The Balaban J connectivity index is 2.13. The van der Waals surface area contributed by atoms with Gasteiger partial charge in [-0.1, -0.05) is 12.1 Å². The zero-order valence-electron chi connectivity index (χ0n) is 12.1. The summed E-state index contributed by atoms with van der Waals surface area (Å²) in [5.74, 6) is 0. The van der Waals surface area contributed by atoms with Crippen molar-refractivity contribution in [1.82, 2.24) is 0 Å². The number of nitrogens with zero attached hydrogens (tertiary/aromatic N) is 1. The number of methoxy groups -OCH3 is 1. The second-order valence-electron chi connectivity index (χ2n) is 4.25. The molecule has 0 aliphatic heterocycles. The fourth-order valence-electron chi connectivity index (χ4n) is 1.69. The van der Waals surface area contributed by atoms with Crippen LogP contribution >= 0.6 is 0 Å². The van der Waals surface area contributed by atoms with Gasteiger partial charge in [0, 0.05) is 13.7 Å². The van der Waals surface area contributed by atoms with E-state index >= 15 is 0 Å². The summed E-state index contributed by atoms with van der Waals surface area (Å²) in [7, 11) is 1.65. The summed E-state index contributed by atoms with van der Waals surface area (Å²) in [5.41, 5.74) is 2.52. The predicted molar refractivity (Wildman–Crippen MR) is 77.9 cm³/mol. The molecule has 0 saturated carbocycles. The quantitative estimate of drug-likeness (QED) is 0.663. The molecule has 0 unspecified atom stereocenters. The Bertz CT molecular complexity index is 430. The van der Waals surface area contributed by atoms with E-state index in [9.17, 15) is 0 Å². The van der Waals surface area contributed by atoms with Crippen LogP contribution in [0.2, 0.25) is 0 Å². The number of hydrogen-bond donors (Lipinski definition) is 1. The van der Waals surface area contributed by atoms with Crippen molar-refractivity contribution in [2.24, 2.45) is 0 Å². The predicted octanol–water partition coefficient (Wildman–Crippen LogP) is 1.96. The summed E-state index contributed by atoms with van der Waals surface area (Å²) in [5, 5.41) is 12.3. The van der Waals surface area contributed by atoms with Crippen LogP contribution in [0.5, 0.6) is 0 Å². The van der Waals surface area contributed by atoms with Crippen molar-refractivity contribution in [2.75, 3.05) is 52.0 Å². The van der Waals surface area contributed by atoms with Gasteiger partial charge in [0.05, 0.1) is 44.3 Å². The van der Waals surface area contributed by atoms with Crippen molar-refractivity contribution in [2.45, 2.75) is 6.92 Å². The molecule has 1 aromatic carbocycles. The lowest BCUT2D eigenvalue weighted by Gasteiger charge is -2.10. The van der Waals surface area contributed by atoms with E-state index in [2.05, 4.69) is 11.4 Å². The number of aryl methyl sites for hydroxylation is 1. The third-order valence-electron chi connectivity index (χ3n) is 2.75. The van der Waals surface area contributed by atoms with Crippen LogP contribution in [0.3, 0.4) is 0 Å². The first-order chi connectivity index (χ1) is 9.79. The van der Waals surface area contributed by atoms with Crippen LogP contribution in [0, 0.1) is 18.3 Å². The molecule has 0 bridgehead atoms. The van der Waals surface area contributed by atoms with E-state index in [4.69, 9.17) is 19.5 Å². The summed E-state index contributed by atoms with van der Waals surface area (Å²) in [6, 6.07) is 7.97. The molecule has 0 fully saturated rings. The maximum Gasteiger partial charge on any atom is 0.102 e. The van der Waals surface area contributed by atoms with Crippen LogP contribution in [0.1, 0.15) is 11.1 Å². The van der Waals surface area contributed by atoms with Gasteiger partial charge < -0.3 is 19.5 Å². The summed E-state index contributed by atoms with van der Waals surface area (Å²) in [4.78, 5) is 0. The molecule has 0 aromatic heterocycles. The summed E-state index contributed by atoms with van der Waals surface area (Å²) >= 11 is 0. The van der Waals surface area contributed by atoms with Gasteiger partial charge in [0.1, 0.15) is 6.07 Å². The Morgan fingerprint density at radius 1 is 1.10 bits per heavy atom. The number of nitrogens with one attached hydrogen (secondary N) is 1. The van der Waals surface area contributed by atoms with Crippen molar-refractivity contribution in [3.05, 3.63) is 29.3 Å². The standard InChI is InChI=1S/C15H22N2O3/c1-13-4-3-5-15(14(13)12-16)17-6-7-19-10-11-20-9-8-18-2/h3-5,17H,6-11H2,1-2H3. The highest BCUT2D eigenvalue weighted by Crippen LogP contribution is 2.17. The molecule has 0 saturated heterocycles. The Labute approximate surface area is 120 Å². The molecule has 0 aliphatic rings. The zero-order chi connectivity index (χ0) is 14.6. The average Bonchev–Trinajstić information content (AvgIpc) is 2.45. The van der Waals surface area contributed by atoms with Crippen molar-refractivity contribution >= 4 is 5.69 Å². The Hall–Kier alpha value is -1.61. The number of anilines is 1. The zero-order valence-corrected chi connectivity index (χ0v) is 12.1. The van der Waals surface area contributed by atoms with Crippen LogP contribution in [0.4, 0.5) is 5.69 Å². The van der Waals surface area contributed by atoms with Gasteiger partial charge in [-0.15, -0.1) is 0 Å². The minimum Gasteiger partial charge on any atom is -0.382 e. The highest BCUT2D eigenvalue weighted by Gasteiger charge is 2.03. The maximum absolute atomic E-state index is 9.09. The molecule has 110 valence electrons. The molecule has 1 aromatic rings. The van der Waals surface area contributed by atoms with Crippen LogP contribution in [-0.4, -0.2) is 46.7 Å². The molecule has 0 amide bonds. The molecule has 0 heterocycles. The Morgan fingerprint density at radius 3 is 2.50 bits per heavy atom. The van der Waals surface area contributed by atoms with Gasteiger partial charge >= 0.3 is 0 Å². The Kier molecular flexibility index (Phi) is 8.40. The van der Waals surface area contributed by atoms with Crippen molar-refractivity contribution in [3.63, 3.8) is 0 Å². The van der Waals surface area contributed by atoms with Crippen molar-refractivity contribution in [3.8, 4) is 6.07 Å². The van der Waals surface area contributed by atoms with E-state index in [-0.39, 0.29) is 0 Å². The number of benzene rings is 1. The monoisotopic (exact) mass is 278 g/mol. The van der Waals surface area contributed by atoms with Gasteiger partial charge in [-0.2, -0.15) is 5.26 Å². The number of rotatable bonds is 10. The minimum atomic E-state index is 0.560.